The van der Waals surface area contributed by atoms with Gasteiger partial charge in [-0.2, -0.15) is 0 Å². The van der Waals surface area contributed by atoms with Gasteiger partial charge in [-0.3, -0.25) is 9.78 Å². The number of hydrogen-bond acceptors (Lipinski definition) is 3. The number of fused-ring (bicyclic) bond motifs is 1. The number of urea groups is 1. The molecular formula is C19H19N3O2. The van der Waals surface area contributed by atoms with Gasteiger partial charge in [0.1, 0.15) is 12.1 Å². The number of nitrogens with zero attached hydrogens (tertiary/aromatic N) is 3. The molecule has 0 spiro atoms. The third-order valence-electron chi connectivity index (χ3n) is 4.82. The molecule has 3 heterocycles. The lowest BCUT2D eigenvalue weighted by atomic mass is 10.00. The highest BCUT2D eigenvalue weighted by atomic mass is 16.2. The maximum absolute atomic E-state index is 13.0. The summed E-state index contributed by atoms with van der Waals surface area (Å²) in [6.07, 6.45) is 4.41. The molecule has 24 heavy (non-hydrogen) atoms. The largest absolute Gasteiger partial charge is 0.328 e. The zero-order valence-electron chi connectivity index (χ0n) is 13.3. The number of rotatable bonds is 3. The van der Waals surface area contributed by atoms with Crippen molar-refractivity contribution in [2.75, 3.05) is 6.54 Å². The number of piperidine rings is 1. The Morgan fingerprint density at radius 1 is 1.00 bits per heavy atom. The summed E-state index contributed by atoms with van der Waals surface area (Å²) >= 11 is 0. The van der Waals surface area contributed by atoms with Gasteiger partial charge >= 0.3 is 6.03 Å². The second kappa shape index (κ2) is 6.07. The van der Waals surface area contributed by atoms with Gasteiger partial charge in [0.15, 0.2) is 0 Å². The lowest BCUT2D eigenvalue weighted by Crippen LogP contribution is -2.39. The molecule has 0 bridgehead atoms. The van der Waals surface area contributed by atoms with Crippen molar-refractivity contribution in [1.29, 1.82) is 0 Å². The van der Waals surface area contributed by atoms with Crippen LogP contribution in [-0.2, 0) is 4.79 Å². The van der Waals surface area contributed by atoms with E-state index in [0.29, 0.717) is 12.2 Å². The van der Waals surface area contributed by atoms with Crippen molar-refractivity contribution >= 4 is 11.9 Å². The molecule has 0 N–H and O–H groups in total. The molecule has 1 aromatic carbocycles. The second-order valence-corrected chi connectivity index (χ2v) is 6.26. The molecule has 5 heteroatoms. The summed E-state index contributed by atoms with van der Waals surface area (Å²) in [6, 6.07) is 14.3. The van der Waals surface area contributed by atoms with Crippen molar-refractivity contribution in [2.45, 2.75) is 31.3 Å². The SMILES string of the molecule is O=C1C2CCCCN2C(=O)N1C(c1ccccc1)c1ccccn1. The summed E-state index contributed by atoms with van der Waals surface area (Å²) in [6.45, 7) is 0.662. The summed E-state index contributed by atoms with van der Waals surface area (Å²) in [5.74, 6) is -0.0980. The number of carbonyl (C=O) groups is 2. The van der Waals surface area contributed by atoms with E-state index in [-0.39, 0.29) is 18.0 Å². The fourth-order valence-corrected chi connectivity index (χ4v) is 3.67. The van der Waals surface area contributed by atoms with Crippen LogP contribution in [0.15, 0.2) is 54.7 Å². The maximum atomic E-state index is 13.0. The minimum absolute atomic E-state index is 0.0980. The van der Waals surface area contributed by atoms with Crippen molar-refractivity contribution in [3.63, 3.8) is 0 Å². The van der Waals surface area contributed by atoms with Crippen LogP contribution in [0.3, 0.4) is 0 Å². The molecule has 0 aliphatic carbocycles. The van der Waals surface area contributed by atoms with E-state index in [1.807, 2.05) is 48.5 Å². The molecule has 0 radical (unpaired) electrons. The molecule has 122 valence electrons. The van der Waals surface area contributed by atoms with Crippen LogP contribution in [-0.4, -0.2) is 39.3 Å². The lowest BCUT2D eigenvalue weighted by Gasteiger charge is -2.27. The monoisotopic (exact) mass is 321 g/mol. The van der Waals surface area contributed by atoms with Crippen LogP contribution in [0.5, 0.6) is 0 Å². The highest BCUT2D eigenvalue weighted by molar-refractivity contribution is 6.05. The zero-order chi connectivity index (χ0) is 16.5. The molecule has 2 atom stereocenters. The van der Waals surface area contributed by atoms with Gasteiger partial charge in [-0.15, -0.1) is 0 Å². The zero-order valence-corrected chi connectivity index (χ0v) is 13.3. The van der Waals surface area contributed by atoms with E-state index in [4.69, 9.17) is 0 Å². The molecule has 2 aliphatic rings. The molecule has 3 amide bonds. The van der Waals surface area contributed by atoms with Gasteiger partial charge in [-0.05, 0) is 37.0 Å². The predicted molar refractivity (Wildman–Crippen MR) is 89.1 cm³/mol. The fraction of sp³-hybridized carbons (Fsp3) is 0.316. The predicted octanol–water partition coefficient (Wildman–Crippen LogP) is 2.99. The van der Waals surface area contributed by atoms with Crippen molar-refractivity contribution in [1.82, 2.24) is 14.8 Å². The Hall–Kier alpha value is -2.69. The van der Waals surface area contributed by atoms with Crippen molar-refractivity contribution < 1.29 is 9.59 Å². The molecule has 2 aliphatic heterocycles. The minimum atomic E-state index is -0.474. The van der Waals surface area contributed by atoms with Crippen molar-refractivity contribution in [3.05, 3.63) is 66.0 Å². The molecule has 5 nitrogen and oxygen atoms in total. The van der Waals surface area contributed by atoms with Crippen molar-refractivity contribution in [2.24, 2.45) is 0 Å². The van der Waals surface area contributed by atoms with Crippen LogP contribution >= 0.6 is 0 Å². The Labute approximate surface area is 140 Å². The molecular weight excluding hydrogens is 302 g/mol. The first-order valence-corrected chi connectivity index (χ1v) is 8.37. The summed E-state index contributed by atoms with van der Waals surface area (Å²) in [7, 11) is 0. The smallest absolute Gasteiger partial charge is 0.312 e. The molecule has 2 aromatic rings. The van der Waals surface area contributed by atoms with E-state index < -0.39 is 6.04 Å². The molecule has 2 unspecified atom stereocenters. The van der Waals surface area contributed by atoms with E-state index >= 15 is 0 Å². The maximum Gasteiger partial charge on any atom is 0.328 e. The van der Waals surface area contributed by atoms with Crippen LogP contribution < -0.4 is 0 Å². The van der Waals surface area contributed by atoms with E-state index in [1.54, 1.807) is 11.1 Å². The normalized spacial score (nSPS) is 21.8. The number of amides is 3. The second-order valence-electron chi connectivity index (χ2n) is 6.26. The Morgan fingerprint density at radius 3 is 2.50 bits per heavy atom. The van der Waals surface area contributed by atoms with Crippen LogP contribution in [0, 0.1) is 0 Å². The molecule has 2 saturated heterocycles. The van der Waals surface area contributed by atoms with Crippen LogP contribution in [0.4, 0.5) is 4.79 Å². The standard InChI is InChI=1S/C19H19N3O2/c23-18-16-11-5-7-13-21(16)19(24)22(18)17(14-8-2-1-3-9-14)15-10-4-6-12-20-15/h1-4,6,8-10,12,16-17H,5,7,11,13H2. The number of aromatic nitrogens is 1. The Kier molecular flexibility index (Phi) is 3.76. The first-order chi connectivity index (χ1) is 11.8. The highest BCUT2D eigenvalue weighted by Crippen LogP contribution is 2.35. The fourth-order valence-electron chi connectivity index (χ4n) is 3.67. The van der Waals surface area contributed by atoms with Gasteiger partial charge in [0.25, 0.3) is 5.91 Å². The molecule has 2 fully saturated rings. The van der Waals surface area contributed by atoms with Crippen molar-refractivity contribution in [3.8, 4) is 0 Å². The number of hydrogen-bond donors (Lipinski definition) is 0. The highest BCUT2D eigenvalue weighted by Gasteiger charge is 2.49. The lowest BCUT2D eigenvalue weighted by molar-refractivity contribution is -0.130. The first kappa shape index (κ1) is 14.9. The summed E-state index contributed by atoms with van der Waals surface area (Å²) in [5, 5.41) is 0. The Bertz CT molecular complexity index is 684. The van der Waals surface area contributed by atoms with Gasteiger partial charge in [-0.1, -0.05) is 36.4 Å². The van der Waals surface area contributed by atoms with Gasteiger partial charge in [-0.25, -0.2) is 9.69 Å². The first-order valence-electron chi connectivity index (χ1n) is 8.37. The van der Waals surface area contributed by atoms with E-state index in [2.05, 4.69) is 4.98 Å². The molecule has 1 aromatic heterocycles. The summed E-state index contributed by atoms with van der Waals surface area (Å²) < 4.78 is 0. The topological polar surface area (TPSA) is 53.5 Å². The number of carbonyl (C=O) groups excluding carboxylic acids is 2. The number of benzene rings is 1. The minimum Gasteiger partial charge on any atom is -0.312 e. The quantitative estimate of drug-likeness (QED) is 0.817. The number of pyridine rings is 1. The average Bonchev–Trinajstić information content (AvgIpc) is 2.90. The average molecular weight is 321 g/mol. The number of imide groups is 1. The Morgan fingerprint density at radius 2 is 1.79 bits per heavy atom. The van der Waals surface area contributed by atoms with Gasteiger partial charge in [0, 0.05) is 12.7 Å². The van der Waals surface area contributed by atoms with Crippen LogP contribution in [0.25, 0.3) is 0 Å². The van der Waals surface area contributed by atoms with Crippen LogP contribution in [0.1, 0.15) is 36.6 Å². The van der Waals surface area contributed by atoms with Gasteiger partial charge in [0.2, 0.25) is 0 Å². The van der Waals surface area contributed by atoms with E-state index in [9.17, 15) is 9.59 Å². The van der Waals surface area contributed by atoms with E-state index in [1.165, 1.54) is 4.90 Å². The van der Waals surface area contributed by atoms with Crippen LogP contribution in [0.2, 0.25) is 0 Å². The van der Waals surface area contributed by atoms with Gasteiger partial charge in [0.05, 0.1) is 5.69 Å². The summed E-state index contributed by atoms with van der Waals surface area (Å²) in [5.41, 5.74) is 1.61. The van der Waals surface area contributed by atoms with Gasteiger partial charge < -0.3 is 4.90 Å². The molecule has 4 rings (SSSR count). The third-order valence-corrected chi connectivity index (χ3v) is 4.82. The summed E-state index contributed by atoms with van der Waals surface area (Å²) in [4.78, 5) is 33.5. The Balaban J connectivity index is 1.79. The van der Waals surface area contributed by atoms with E-state index in [0.717, 1.165) is 24.8 Å². The third kappa shape index (κ3) is 2.37. The molecule has 0 saturated carbocycles.